The van der Waals surface area contributed by atoms with Crippen LogP contribution in [0.15, 0.2) is 28.7 Å². The maximum Gasteiger partial charge on any atom is 0.0551 e. The zero-order valence-electron chi connectivity index (χ0n) is 9.53. The molecule has 1 aromatic carbocycles. The van der Waals surface area contributed by atoms with Crippen molar-refractivity contribution in [2.75, 3.05) is 6.61 Å². The van der Waals surface area contributed by atoms with Crippen molar-refractivity contribution in [2.45, 2.75) is 31.9 Å². The number of hydrogen-bond donors (Lipinski definition) is 1. The van der Waals surface area contributed by atoms with E-state index in [0.717, 1.165) is 23.9 Å². The highest BCUT2D eigenvalue weighted by Crippen LogP contribution is 2.23. The summed E-state index contributed by atoms with van der Waals surface area (Å²) in [5, 5.41) is 0. The molecule has 1 saturated heterocycles. The van der Waals surface area contributed by atoms with Crippen molar-refractivity contribution in [1.82, 2.24) is 0 Å². The quantitative estimate of drug-likeness (QED) is 0.926. The SMILES string of the molecule is CC1CC(C(N)Cc2ccc(Br)cc2)CO1. The van der Waals surface area contributed by atoms with Gasteiger partial charge < -0.3 is 10.5 Å². The molecule has 1 fully saturated rings. The van der Waals surface area contributed by atoms with E-state index in [9.17, 15) is 0 Å². The molecule has 2 rings (SSSR count). The fraction of sp³-hybridized carbons (Fsp3) is 0.538. The summed E-state index contributed by atoms with van der Waals surface area (Å²) in [7, 11) is 0. The minimum Gasteiger partial charge on any atom is -0.378 e. The normalized spacial score (nSPS) is 26.9. The largest absolute Gasteiger partial charge is 0.378 e. The lowest BCUT2D eigenvalue weighted by molar-refractivity contribution is 0.118. The number of ether oxygens (including phenoxy) is 1. The van der Waals surface area contributed by atoms with Gasteiger partial charge in [-0.05, 0) is 37.5 Å². The van der Waals surface area contributed by atoms with E-state index in [1.807, 2.05) is 0 Å². The highest BCUT2D eigenvalue weighted by atomic mass is 79.9. The number of hydrogen-bond acceptors (Lipinski definition) is 2. The second-order valence-electron chi connectivity index (χ2n) is 4.63. The Labute approximate surface area is 105 Å². The van der Waals surface area contributed by atoms with Gasteiger partial charge in [0.15, 0.2) is 0 Å². The topological polar surface area (TPSA) is 35.2 Å². The van der Waals surface area contributed by atoms with Gasteiger partial charge in [0.1, 0.15) is 0 Å². The van der Waals surface area contributed by atoms with Crippen LogP contribution in [0.5, 0.6) is 0 Å². The maximum atomic E-state index is 6.22. The first-order valence-corrected chi connectivity index (χ1v) is 6.56. The molecule has 1 aromatic rings. The predicted octanol–water partition coefficient (Wildman–Crippen LogP) is 2.74. The molecular formula is C13H18BrNO. The van der Waals surface area contributed by atoms with E-state index in [1.165, 1.54) is 5.56 Å². The van der Waals surface area contributed by atoms with Gasteiger partial charge in [0.2, 0.25) is 0 Å². The van der Waals surface area contributed by atoms with Gasteiger partial charge in [0.25, 0.3) is 0 Å². The van der Waals surface area contributed by atoms with Gasteiger partial charge in [-0.3, -0.25) is 0 Å². The lowest BCUT2D eigenvalue weighted by Gasteiger charge is -2.17. The first kappa shape index (κ1) is 12.1. The van der Waals surface area contributed by atoms with E-state index < -0.39 is 0 Å². The van der Waals surface area contributed by atoms with Crippen LogP contribution in [0, 0.1) is 5.92 Å². The molecule has 88 valence electrons. The lowest BCUT2D eigenvalue weighted by atomic mass is 9.92. The van der Waals surface area contributed by atoms with E-state index in [2.05, 4.69) is 47.1 Å². The predicted molar refractivity (Wildman–Crippen MR) is 69.3 cm³/mol. The molecule has 1 heterocycles. The van der Waals surface area contributed by atoms with Crippen molar-refractivity contribution in [3.05, 3.63) is 34.3 Å². The van der Waals surface area contributed by atoms with Crippen LogP contribution in [0.4, 0.5) is 0 Å². The Morgan fingerprint density at radius 2 is 2.12 bits per heavy atom. The fourth-order valence-corrected chi connectivity index (χ4v) is 2.47. The highest BCUT2D eigenvalue weighted by molar-refractivity contribution is 9.10. The molecule has 0 aliphatic carbocycles. The Morgan fingerprint density at radius 3 is 2.69 bits per heavy atom. The molecule has 0 spiro atoms. The molecule has 0 bridgehead atoms. The standard InChI is InChI=1S/C13H18BrNO/c1-9-6-11(8-16-9)13(15)7-10-2-4-12(14)5-3-10/h2-5,9,11,13H,6-8,15H2,1H3. The van der Waals surface area contributed by atoms with Gasteiger partial charge >= 0.3 is 0 Å². The van der Waals surface area contributed by atoms with Gasteiger partial charge in [-0.1, -0.05) is 28.1 Å². The smallest absolute Gasteiger partial charge is 0.0551 e. The molecule has 1 aliphatic rings. The van der Waals surface area contributed by atoms with Gasteiger partial charge in [0.05, 0.1) is 12.7 Å². The Hall–Kier alpha value is -0.380. The summed E-state index contributed by atoms with van der Waals surface area (Å²) in [6, 6.07) is 8.60. The summed E-state index contributed by atoms with van der Waals surface area (Å²) in [6.45, 7) is 2.94. The average molecular weight is 284 g/mol. The van der Waals surface area contributed by atoms with Crippen LogP contribution >= 0.6 is 15.9 Å². The van der Waals surface area contributed by atoms with E-state index in [0.29, 0.717) is 12.0 Å². The summed E-state index contributed by atoms with van der Waals surface area (Å²) in [4.78, 5) is 0. The van der Waals surface area contributed by atoms with Crippen molar-refractivity contribution in [3.8, 4) is 0 Å². The third-order valence-electron chi connectivity index (χ3n) is 3.22. The van der Waals surface area contributed by atoms with Crippen LogP contribution in [0.1, 0.15) is 18.9 Å². The molecule has 16 heavy (non-hydrogen) atoms. The fourth-order valence-electron chi connectivity index (χ4n) is 2.21. The minimum absolute atomic E-state index is 0.214. The maximum absolute atomic E-state index is 6.22. The molecular weight excluding hydrogens is 266 g/mol. The third kappa shape index (κ3) is 3.06. The first-order chi connectivity index (χ1) is 7.65. The summed E-state index contributed by atoms with van der Waals surface area (Å²) >= 11 is 3.43. The second kappa shape index (κ2) is 5.30. The van der Waals surface area contributed by atoms with E-state index in [4.69, 9.17) is 10.5 Å². The molecule has 3 heteroatoms. The zero-order chi connectivity index (χ0) is 11.5. The van der Waals surface area contributed by atoms with Gasteiger partial charge in [-0.25, -0.2) is 0 Å². The number of halogens is 1. The number of benzene rings is 1. The number of rotatable bonds is 3. The van der Waals surface area contributed by atoms with E-state index in [-0.39, 0.29) is 6.04 Å². The van der Waals surface area contributed by atoms with Gasteiger partial charge in [-0.2, -0.15) is 0 Å². The van der Waals surface area contributed by atoms with Crippen molar-refractivity contribution in [1.29, 1.82) is 0 Å². The van der Waals surface area contributed by atoms with Crippen molar-refractivity contribution < 1.29 is 4.74 Å². The monoisotopic (exact) mass is 283 g/mol. The Morgan fingerprint density at radius 1 is 1.44 bits per heavy atom. The van der Waals surface area contributed by atoms with E-state index >= 15 is 0 Å². The van der Waals surface area contributed by atoms with Crippen LogP contribution in [-0.4, -0.2) is 18.8 Å². The molecule has 0 aromatic heterocycles. The second-order valence-corrected chi connectivity index (χ2v) is 5.55. The molecule has 1 aliphatic heterocycles. The van der Waals surface area contributed by atoms with Crippen molar-refractivity contribution >= 4 is 15.9 Å². The average Bonchev–Trinajstić information content (AvgIpc) is 2.68. The molecule has 0 saturated carbocycles. The van der Waals surface area contributed by atoms with Crippen LogP contribution in [0.3, 0.4) is 0 Å². The summed E-state index contributed by atoms with van der Waals surface area (Å²) in [5.74, 6) is 0.513. The minimum atomic E-state index is 0.214. The molecule has 3 unspecified atom stereocenters. The zero-order valence-corrected chi connectivity index (χ0v) is 11.1. The summed E-state index contributed by atoms with van der Waals surface area (Å²) in [5.41, 5.74) is 7.52. The lowest BCUT2D eigenvalue weighted by Crippen LogP contribution is -2.32. The Balaban J connectivity index is 1.91. The highest BCUT2D eigenvalue weighted by Gasteiger charge is 2.27. The molecule has 2 nitrogen and oxygen atoms in total. The van der Waals surface area contributed by atoms with Crippen LogP contribution < -0.4 is 5.73 Å². The van der Waals surface area contributed by atoms with Crippen LogP contribution in [0.25, 0.3) is 0 Å². The Kier molecular flexibility index (Phi) is 4.00. The van der Waals surface area contributed by atoms with Gasteiger partial charge in [-0.15, -0.1) is 0 Å². The molecule has 0 amide bonds. The van der Waals surface area contributed by atoms with Crippen LogP contribution in [0.2, 0.25) is 0 Å². The van der Waals surface area contributed by atoms with Crippen molar-refractivity contribution in [2.24, 2.45) is 11.7 Å². The van der Waals surface area contributed by atoms with Gasteiger partial charge in [0, 0.05) is 16.4 Å². The van der Waals surface area contributed by atoms with E-state index in [1.54, 1.807) is 0 Å². The third-order valence-corrected chi connectivity index (χ3v) is 3.75. The molecule has 3 atom stereocenters. The summed E-state index contributed by atoms with van der Waals surface area (Å²) in [6.07, 6.45) is 2.41. The van der Waals surface area contributed by atoms with Crippen molar-refractivity contribution in [3.63, 3.8) is 0 Å². The molecule has 2 N–H and O–H groups in total. The first-order valence-electron chi connectivity index (χ1n) is 5.77. The number of nitrogens with two attached hydrogens (primary N) is 1. The Bertz CT molecular complexity index is 338. The summed E-state index contributed by atoms with van der Waals surface area (Å²) < 4.78 is 6.67. The molecule has 0 radical (unpaired) electrons. The van der Waals surface area contributed by atoms with Crippen LogP contribution in [-0.2, 0) is 11.2 Å².